The van der Waals surface area contributed by atoms with E-state index in [1.54, 1.807) is 19.2 Å². The number of nitrogens with zero attached hydrogens (tertiary/aromatic N) is 3. The largest absolute Gasteiger partial charge is 0.507 e. The molecule has 3 heterocycles. The summed E-state index contributed by atoms with van der Waals surface area (Å²) in [6, 6.07) is 11.3. The maximum Gasteiger partial charge on any atom is 0.349 e. The van der Waals surface area contributed by atoms with Gasteiger partial charge in [0.15, 0.2) is 0 Å². The highest BCUT2D eigenvalue weighted by atomic mass is 16.4. The Balaban J connectivity index is 1.83. The zero-order valence-corrected chi connectivity index (χ0v) is 13.9. The van der Waals surface area contributed by atoms with Gasteiger partial charge in [0.1, 0.15) is 17.1 Å². The Morgan fingerprint density at radius 1 is 1.28 bits per heavy atom. The average molecular weight is 335 g/mol. The summed E-state index contributed by atoms with van der Waals surface area (Å²) < 4.78 is 5.10. The molecule has 1 aromatic carbocycles. The Morgan fingerprint density at radius 2 is 2.08 bits per heavy atom. The van der Waals surface area contributed by atoms with Crippen molar-refractivity contribution in [3.63, 3.8) is 0 Å². The molecule has 4 rings (SSSR count). The third kappa shape index (κ3) is 2.55. The van der Waals surface area contributed by atoms with E-state index in [4.69, 9.17) is 4.42 Å². The van der Waals surface area contributed by atoms with Crippen LogP contribution in [0.5, 0.6) is 5.75 Å². The summed E-state index contributed by atoms with van der Waals surface area (Å²) in [5, 5.41) is 10.2. The van der Waals surface area contributed by atoms with Crippen molar-refractivity contribution < 1.29 is 9.52 Å². The van der Waals surface area contributed by atoms with Gasteiger partial charge in [-0.15, -0.1) is 0 Å². The fraction of sp³-hybridized carbons (Fsp3) is 0.211. The van der Waals surface area contributed by atoms with E-state index in [0.717, 1.165) is 12.1 Å². The molecule has 0 radical (unpaired) electrons. The van der Waals surface area contributed by atoms with E-state index in [1.165, 1.54) is 11.6 Å². The quantitative estimate of drug-likeness (QED) is 0.775. The summed E-state index contributed by atoms with van der Waals surface area (Å²) in [5.41, 5.74) is 2.08. The summed E-state index contributed by atoms with van der Waals surface area (Å²) in [7, 11) is 0. The second kappa shape index (κ2) is 5.73. The number of rotatable bonds is 2. The van der Waals surface area contributed by atoms with E-state index < -0.39 is 5.63 Å². The molecular weight excluding hydrogens is 318 g/mol. The van der Waals surface area contributed by atoms with Crippen molar-refractivity contribution in [2.45, 2.75) is 26.3 Å². The Bertz CT molecular complexity index is 1010. The number of aromatic hydroxyl groups is 1. The number of hydrogen-bond donors (Lipinski definition) is 1. The van der Waals surface area contributed by atoms with Gasteiger partial charge in [-0.3, -0.25) is 0 Å². The number of benzene rings is 1. The molecule has 2 aromatic heterocycles. The van der Waals surface area contributed by atoms with Gasteiger partial charge in [0.05, 0.1) is 5.69 Å². The predicted molar refractivity (Wildman–Crippen MR) is 94.2 cm³/mol. The van der Waals surface area contributed by atoms with Gasteiger partial charge in [0.25, 0.3) is 0 Å². The third-order valence-electron chi connectivity index (χ3n) is 4.38. The predicted octanol–water partition coefficient (Wildman–Crippen LogP) is 3.19. The van der Waals surface area contributed by atoms with Crippen LogP contribution in [0.1, 0.15) is 18.2 Å². The van der Waals surface area contributed by atoms with Crippen LogP contribution in [0.25, 0.3) is 11.3 Å². The van der Waals surface area contributed by atoms with E-state index in [9.17, 15) is 9.90 Å². The van der Waals surface area contributed by atoms with Crippen LogP contribution < -0.4 is 10.5 Å². The van der Waals surface area contributed by atoms with Gasteiger partial charge in [-0.25, -0.2) is 14.8 Å². The molecule has 1 N–H and O–H groups in total. The molecule has 1 atom stereocenters. The molecule has 0 fully saturated rings. The monoisotopic (exact) mass is 335 g/mol. The first-order chi connectivity index (χ1) is 12.0. The first-order valence-electron chi connectivity index (χ1n) is 8.09. The third-order valence-corrected chi connectivity index (χ3v) is 4.38. The number of fused-ring (bicyclic) bond motifs is 1. The first kappa shape index (κ1) is 15.4. The lowest BCUT2D eigenvalue weighted by molar-refractivity contribution is 0.438. The summed E-state index contributed by atoms with van der Waals surface area (Å²) >= 11 is 0. The highest BCUT2D eigenvalue weighted by Crippen LogP contribution is 2.37. The Kier molecular flexibility index (Phi) is 3.53. The number of para-hydroxylation sites is 1. The zero-order chi connectivity index (χ0) is 17.6. The second-order valence-corrected chi connectivity index (χ2v) is 6.20. The lowest BCUT2D eigenvalue weighted by atomic mass is 10.1. The van der Waals surface area contributed by atoms with Gasteiger partial charge in [-0.05, 0) is 38.0 Å². The summed E-state index contributed by atoms with van der Waals surface area (Å²) in [4.78, 5) is 23.1. The van der Waals surface area contributed by atoms with Gasteiger partial charge in [-0.2, -0.15) is 0 Å². The van der Waals surface area contributed by atoms with E-state index in [0.29, 0.717) is 17.4 Å². The van der Waals surface area contributed by atoms with Crippen molar-refractivity contribution in [2.24, 2.45) is 0 Å². The van der Waals surface area contributed by atoms with Crippen molar-refractivity contribution in [3.05, 3.63) is 64.3 Å². The molecule has 1 unspecified atom stereocenters. The van der Waals surface area contributed by atoms with Crippen LogP contribution in [0, 0.1) is 6.92 Å². The highest BCUT2D eigenvalue weighted by Gasteiger charge is 2.29. The minimum Gasteiger partial charge on any atom is -0.507 e. The molecule has 25 heavy (non-hydrogen) atoms. The number of anilines is 2. The van der Waals surface area contributed by atoms with Crippen LogP contribution in [0.3, 0.4) is 0 Å². The molecule has 6 heteroatoms. The van der Waals surface area contributed by atoms with E-state index >= 15 is 0 Å². The van der Waals surface area contributed by atoms with Crippen molar-refractivity contribution in [1.82, 2.24) is 9.97 Å². The van der Waals surface area contributed by atoms with Gasteiger partial charge >= 0.3 is 5.63 Å². The lowest BCUT2D eigenvalue weighted by Crippen LogP contribution is -2.26. The summed E-state index contributed by atoms with van der Waals surface area (Å²) in [6.45, 7) is 3.72. The van der Waals surface area contributed by atoms with Crippen molar-refractivity contribution in [3.8, 4) is 17.0 Å². The normalized spacial score (nSPS) is 16.1. The second-order valence-electron chi connectivity index (χ2n) is 6.20. The highest BCUT2D eigenvalue weighted by molar-refractivity contribution is 5.70. The molecule has 1 aliphatic heterocycles. The van der Waals surface area contributed by atoms with Gasteiger partial charge in [0.2, 0.25) is 5.95 Å². The Hall–Kier alpha value is -3.15. The Morgan fingerprint density at radius 3 is 2.88 bits per heavy atom. The molecule has 0 amide bonds. The number of aromatic nitrogens is 2. The van der Waals surface area contributed by atoms with E-state index in [1.807, 2.05) is 23.1 Å². The van der Waals surface area contributed by atoms with Crippen LogP contribution in [-0.2, 0) is 6.42 Å². The molecule has 3 aromatic rings. The van der Waals surface area contributed by atoms with Crippen LogP contribution >= 0.6 is 0 Å². The van der Waals surface area contributed by atoms with Crippen LogP contribution in [0.15, 0.2) is 51.8 Å². The van der Waals surface area contributed by atoms with Crippen LogP contribution in [0.4, 0.5) is 11.6 Å². The van der Waals surface area contributed by atoms with Gasteiger partial charge < -0.3 is 14.4 Å². The smallest absolute Gasteiger partial charge is 0.349 e. The van der Waals surface area contributed by atoms with Crippen molar-refractivity contribution in [2.75, 3.05) is 4.90 Å². The topological polar surface area (TPSA) is 79.5 Å². The first-order valence-corrected chi connectivity index (χ1v) is 8.09. The molecule has 6 nitrogen and oxygen atoms in total. The number of aryl methyl sites for hydroxylation is 1. The minimum atomic E-state index is -0.614. The fourth-order valence-electron chi connectivity index (χ4n) is 3.31. The standard InChI is InChI=1S/C19H17N3O3/c1-11-9-13-5-3-4-6-15(13)22(11)19-20-8-7-14(21-19)17-16(23)10-12(2)25-18(17)24/h3-8,10-11,23H,9H2,1-2H3. The average Bonchev–Trinajstić information content (AvgIpc) is 2.90. The van der Waals surface area contributed by atoms with Gasteiger partial charge in [0, 0.05) is 24.0 Å². The number of hydrogen-bond acceptors (Lipinski definition) is 6. The minimum absolute atomic E-state index is 0.0504. The molecule has 0 spiro atoms. The zero-order valence-electron chi connectivity index (χ0n) is 13.9. The molecular formula is C19H17N3O3. The lowest BCUT2D eigenvalue weighted by Gasteiger charge is -2.22. The van der Waals surface area contributed by atoms with Crippen molar-refractivity contribution >= 4 is 11.6 Å². The van der Waals surface area contributed by atoms with Crippen LogP contribution in [0.2, 0.25) is 0 Å². The molecule has 0 bridgehead atoms. The van der Waals surface area contributed by atoms with E-state index in [2.05, 4.69) is 23.0 Å². The maximum atomic E-state index is 12.2. The molecule has 0 saturated heterocycles. The SMILES string of the molecule is Cc1cc(O)c(-c2ccnc(N3c4ccccc4CC3C)n2)c(=O)o1. The summed E-state index contributed by atoms with van der Waals surface area (Å²) in [5.74, 6) is 0.699. The summed E-state index contributed by atoms with van der Waals surface area (Å²) in [6.07, 6.45) is 2.49. The van der Waals surface area contributed by atoms with Gasteiger partial charge in [-0.1, -0.05) is 18.2 Å². The van der Waals surface area contributed by atoms with Crippen molar-refractivity contribution in [1.29, 1.82) is 0 Å². The van der Waals surface area contributed by atoms with Crippen LogP contribution in [-0.4, -0.2) is 21.1 Å². The molecule has 1 aliphatic rings. The van der Waals surface area contributed by atoms with E-state index in [-0.39, 0.29) is 17.4 Å². The molecule has 0 aliphatic carbocycles. The maximum absolute atomic E-state index is 12.2. The Labute approximate surface area is 144 Å². The fourth-order valence-corrected chi connectivity index (χ4v) is 3.31. The molecule has 0 saturated carbocycles. The molecule has 126 valence electrons.